The van der Waals surface area contributed by atoms with E-state index in [1.165, 1.54) is 12.1 Å². The van der Waals surface area contributed by atoms with Crippen molar-refractivity contribution in [2.24, 2.45) is 0 Å². The third-order valence-electron chi connectivity index (χ3n) is 5.90. The third-order valence-corrected chi connectivity index (χ3v) is 8.19. The van der Waals surface area contributed by atoms with Crippen molar-refractivity contribution in [3.05, 3.63) is 83.9 Å². The average Bonchev–Trinajstić information content (AvgIpc) is 3.43. The largest absolute Gasteiger partial charge is 0.443 e. The number of aromatic nitrogens is 2. The molecule has 0 fully saturated rings. The molecule has 0 saturated heterocycles. The maximum absolute atomic E-state index is 13.5. The number of rotatable bonds is 9. The van der Waals surface area contributed by atoms with Crippen LogP contribution in [0.3, 0.4) is 0 Å². The minimum Gasteiger partial charge on any atom is -0.443 e. The van der Waals surface area contributed by atoms with Gasteiger partial charge in [0.25, 0.3) is 15.9 Å². The topological polar surface area (TPSA) is 119 Å². The van der Waals surface area contributed by atoms with Crippen molar-refractivity contribution in [3.63, 3.8) is 0 Å². The van der Waals surface area contributed by atoms with Crippen molar-refractivity contribution in [1.29, 1.82) is 0 Å². The Morgan fingerprint density at radius 2 is 1.49 bits per heavy atom. The van der Waals surface area contributed by atoms with Crippen LogP contribution in [0.25, 0.3) is 21.7 Å². The molecular weight excluding hydrogens is 560 g/mol. The Kier molecular flexibility index (Phi) is 9.19. The van der Waals surface area contributed by atoms with Crippen LogP contribution in [0, 0.1) is 0 Å². The molecule has 3 aromatic carbocycles. The number of amides is 2. The first-order chi connectivity index (χ1) is 19.5. The van der Waals surface area contributed by atoms with Gasteiger partial charge in [0, 0.05) is 17.8 Å². The Labute approximate surface area is 244 Å². The zero-order valence-electron chi connectivity index (χ0n) is 23.3. The fourth-order valence-corrected chi connectivity index (χ4v) is 5.59. The van der Waals surface area contributed by atoms with E-state index in [0.29, 0.717) is 17.1 Å². The average molecular weight is 593 g/mol. The fraction of sp³-hybridized carbons (Fsp3) is 0.267. The molecule has 1 heterocycles. The highest BCUT2D eigenvalue weighted by Gasteiger charge is 2.24. The number of hydrogen-bond acceptors (Lipinski definition) is 8. The van der Waals surface area contributed by atoms with Gasteiger partial charge in [0.1, 0.15) is 10.6 Å². The van der Waals surface area contributed by atoms with Gasteiger partial charge in [0.2, 0.25) is 5.01 Å². The minimum absolute atomic E-state index is 0.113. The first-order valence-corrected chi connectivity index (χ1v) is 15.4. The van der Waals surface area contributed by atoms with Crippen LogP contribution >= 0.6 is 11.3 Å². The summed E-state index contributed by atoms with van der Waals surface area (Å²) < 4.78 is 32.1. The molecule has 214 valence electrons. The van der Waals surface area contributed by atoms with Gasteiger partial charge in [0.05, 0.1) is 4.90 Å². The SMILES string of the molecule is CCCCN(C(=O)c1nnc(-c2ccc(S(=O)(=O)NC(=O)OC(C)(C)C)cc2)s1)c1ccc(-c2ccccc2)cc1. The molecule has 0 saturated carbocycles. The number of ether oxygens (including phenoxy) is 1. The maximum Gasteiger partial charge on any atom is 0.421 e. The van der Waals surface area contributed by atoms with Gasteiger partial charge in [-0.2, -0.15) is 0 Å². The summed E-state index contributed by atoms with van der Waals surface area (Å²) in [5.74, 6) is -0.254. The Balaban J connectivity index is 1.51. The van der Waals surface area contributed by atoms with Gasteiger partial charge >= 0.3 is 6.09 Å². The summed E-state index contributed by atoms with van der Waals surface area (Å²) in [5, 5.41) is 9.02. The molecule has 0 aliphatic heterocycles. The van der Waals surface area contributed by atoms with Gasteiger partial charge in [-0.25, -0.2) is 17.9 Å². The molecule has 1 aromatic heterocycles. The lowest BCUT2D eigenvalue weighted by Gasteiger charge is -2.21. The molecule has 9 nitrogen and oxygen atoms in total. The van der Waals surface area contributed by atoms with Crippen molar-refractivity contribution in [3.8, 4) is 21.7 Å². The molecule has 41 heavy (non-hydrogen) atoms. The van der Waals surface area contributed by atoms with Gasteiger partial charge in [-0.05, 0) is 62.6 Å². The van der Waals surface area contributed by atoms with E-state index < -0.39 is 21.7 Å². The molecule has 0 unspecified atom stereocenters. The van der Waals surface area contributed by atoms with E-state index >= 15 is 0 Å². The quantitative estimate of drug-likeness (QED) is 0.235. The third kappa shape index (κ3) is 7.77. The zero-order chi connectivity index (χ0) is 29.6. The summed E-state index contributed by atoms with van der Waals surface area (Å²) in [6.45, 7) is 7.52. The summed E-state index contributed by atoms with van der Waals surface area (Å²) >= 11 is 1.13. The van der Waals surface area contributed by atoms with Crippen LogP contribution in [0.4, 0.5) is 10.5 Å². The lowest BCUT2D eigenvalue weighted by molar-refractivity contribution is 0.0570. The lowest BCUT2D eigenvalue weighted by Crippen LogP contribution is -2.36. The van der Waals surface area contributed by atoms with E-state index in [-0.39, 0.29) is 15.8 Å². The maximum atomic E-state index is 13.5. The van der Waals surface area contributed by atoms with Gasteiger partial charge in [-0.3, -0.25) is 4.79 Å². The Morgan fingerprint density at radius 1 is 0.878 bits per heavy atom. The zero-order valence-corrected chi connectivity index (χ0v) is 25.0. The number of hydrogen-bond donors (Lipinski definition) is 1. The Bertz CT molecular complexity index is 1600. The van der Waals surface area contributed by atoms with Gasteiger partial charge in [-0.1, -0.05) is 79.3 Å². The molecule has 1 N–H and O–H groups in total. The second-order valence-electron chi connectivity index (χ2n) is 10.3. The van der Waals surface area contributed by atoms with Crippen molar-refractivity contribution in [2.45, 2.75) is 51.0 Å². The molecule has 11 heteroatoms. The predicted octanol–water partition coefficient (Wildman–Crippen LogP) is 6.53. The molecule has 0 radical (unpaired) electrons. The number of nitrogens with zero attached hydrogens (tertiary/aromatic N) is 3. The monoisotopic (exact) mass is 592 g/mol. The number of carbonyl (C=O) groups excluding carboxylic acids is 2. The number of carbonyl (C=O) groups is 2. The summed E-state index contributed by atoms with van der Waals surface area (Å²) in [6, 6.07) is 23.7. The predicted molar refractivity (Wildman–Crippen MR) is 160 cm³/mol. The number of nitrogens with one attached hydrogen (secondary N) is 1. The molecule has 0 aliphatic carbocycles. The lowest BCUT2D eigenvalue weighted by atomic mass is 10.1. The first-order valence-electron chi connectivity index (χ1n) is 13.1. The summed E-state index contributed by atoms with van der Waals surface area (Å²) in [5.41, 5.74) is 2.67. The van der Waals surface area contributed by atoms with Crippen LogP contribution in [0.1, 0.15) is 50.3 Å². The number of benzene rings is 3. The van der Waals surface area contributed by atoms with E-state index in [1.54, 1.807) is 37.8 Å². The summed E-state index contributed by atoms with van der Waals surface area (Å²) in [6.07, 6.45) is 0.687. The van der Waals surface area contributed by atoms with Crippen LogP contribution in [0.15, 0.2) is 83.8 Å². The van der Waals surface area contributed by atoms with Crippen molar-refractivity contribution in [1.82, 2.24) is 14.9 Å². The van der Waals surface area contributed by atoms with E-state index in [1.807, 2.05) is 59.3 Å². The van der Waals surface area contributed by atoms with E-state index in [4.69, 9.17) is 4.74 Å². The summed E-state index contributed by atoms with van der Waals surface area (Å²) in [7, 11) is -4.13. The van der Waals surface area contributed by atoms with Gasteiger partial charge in [0.15, 0.2) is 0 Å². The fourth-order valence-electron chi connectivity index (χ4n) is 3.91. The van der Waals surface area contributed by atoms with Crippen molar-refractivity contribution < 1.29 is 22.7 Å². The Hall–Kier alpha value is -4.09. The molecule has 4 rings (SSSR count). The molecule has 0 spiro atoms. The molecule has 0 atom stereocenters. The van der Waals surface area contributed by atoms with Crippen molar-refractivity contribution in [2.75, 3.05) is 11.4 Å². The van der Waals surface area contributed by atoms with Crippen LogP contribution in [-0.4, -0.2) is 42.8 Å². The highest BCUT2D eigenvalue weighted by atomic mass is 32.2. The Morgan fingerprint density at radius 3 is 2.10 bits per heavy atom. The molecule has 0 bridgehead atoms. The van der Waals surface area contributed by atoms with E-state index in [2.05, 4.69) is 17.1 Å². The highest BCUT2D eigenvalue weighted by Crippen LogP contribution is 2.28. The summed E-state index contributed by atoms with van der Waals surface area (Å²) in [4.78, 5) is 27.1. The highest BCUT2D eigenvalue weighted by molar-refractivity contribution is 7.90. The normalized spacial score (nSPS) is 11.6. The van der Waals surface area contributed by atoms with Crippen LogP contribution in [-0.2, 0) is 14.8 Å². The molecule has 4 aromatic rings. The number of sulfonamides is 1. The van der Waals surface area contributed by atoms with Crippen molar-refractivity contribution >= 4 is 39.0 Å². The van der Waals surface area contributed by atoms with Gasteiger partial charge in [-0.15, -0.1) is 10.2 Å². The smallest absolute Gasteiger partial charge is 0.421 e. The van der Waals surface area contributed by atoms with Crippen LogP contribution < -0.4 is 9.62 Å². The molecule has 2 amide bonds. The second-order valence-corrected chi connectivity index (χ2v) is 12.9. The van der Waals surface area contributed by atoms with Gasteiger partial charge < -0.3 is 9.64 Å². The standard InChI is InChI=1S/C30H32N4O5S2/c1-5-6-20-34(24-16-12-22(13-17-24)21-10-8-7-9-11-21)28(35)27-32-31-26(40-27)23-14-18-25(19-15-23)41(37,38)33-29(36)39-30(2,3)4/h7-19H,5-6,20H2,1-4H3,(H,33,36). The molecule has 0 aliphatic rings. The van der Waals surface area contributed by atoms with E-state index in [0.717, 1.165) is 41.0 Å². The molecular formula is C30H32N4O5S2. The second kappa shape index (κ2) is 12.6. The van der Waals surface area contributed by atoms with Crippen LogP contribution in [0.5, 0.6) is 0 Å². The minimum atomic E-state index is -4.13. The van der Waals surface area contributed by atoms with Crippen LogP contribution in [0.2, 0.25) is 0 Å². The first kappa shape index (κ1) is 29.9. The number of unbranched alkanes of at least 4 members (excludes halogenated alkanes) is 1. The van der Waals surface area contributed by atoms with E-state index in [9.17, 15) is 18.0 Å². The number of anilines is 1.